The third kappa shape index (κ3) is 3.57. The maximum absolute atomic E-state index is 11.9. The fourth-order valence-electron chi connectivity index (χ4n) is 2.11. The van der Waals surface area contributed by atoms with Gasteiger partial charge in [-0.15, -0.1) is 0 Å². The zero-order valence-electron chi connectivity index (χ0n) is 10.8. The molecule has 1 N–H and O–H groups in total. The van der Waals surface area contributed by atoms with E-state index in [1.54, 1.807) is 17.2 Å². The fourth-order valence-corrected chi connectivity index (χ4v) is 2.11. The van der Waals surface area contributed by atoms with E-state index >= 15 is 0 Å². The minimum absolute atomic E-state index is 0.0350. The molecule has 0 aliphatic carbocycles. The van der Waals surface area contributed by atoms with Gasteiger partial charge in [-0.05, 0) is 19.1 Å². The molecule has 6 heteroatoms. The second kappa shape index (κ2) is 5.44. The Hall–Kier alpha value is -1.82. The minimum Gasteiger partial charge on any atom is -0.480 e. The molecule has 1 aromatic rings. The molecule has 0 atom stereocenters. The quantitative estimate of drug-likeness (QED) is 0.828. The van der Waals surface area contributed by atoms with Crippen molar-refractivity contribution in [2.45, 2.75) is 25.4 Å². The number of carboxylic acid groups (broad SMARTS) is 1. The summed E-state index contributed by atoms with van der Waals surface area (Å²) in [5, 5.41) is 8.55. The van der Waals surface area contributed by atoms with Crippen LogP contribution in [0.5, 0.6) is 0 Å². The zero-order valence-corrected chi connectivity index (χ0v) is 10.8. The Labute approximate surface area is 110 Å². The second-order valence-corrected chi connectivity index (χ2v) is 4.96. The Bertz CT molecular complexity index is 448. The molecule has 0 spiro atoms. The number of nitrogens with zero attached hydrogens (tertiary/aromatic N) is 1. The van der Waals surface area contributed by atoms with Crippen molar-refractivity contribution in [1.29, 1.82) is 0 Å². The molecule has 19 heavy (non-hydrogen) atoms. The summed E-state index contributed by atoms with van der Waals surface area (Å²) in [6, 6.07) is 3.63. The van der Waals surface area contributed by atoms with Crippen LogP contribution in [0, 0.1) is 0 Å². The van der Waals surface area contributed by atoms with E-state index < -0.39 is 11.6 Å². The van der Waals surface area contributed by atoms with Crippen molar-refractivity contribution in [1.82, 2.24) is 4.90 Å². The molecule has 2 rings (SSSR count). The fraction of sp³-hybridized carbons (Fsp3) is 0.538. The molecule has 0 radical (unpaired) electrons. The number of likely N-dealkylation sites (tertiary alicyclic amines) is 1. The van der Waals surface area contributed by atoms with E-state index in [4.69, 9.17) is 14.3 Å². The van der Waals surface area contributed by atoms with Crippen LogP contribution in [0.15, 0.2) is 22.8 Å². The molecule has 1 aliphatic rings. The molecular weight excluding hydrogens is 250 g/mol. The van der Waals surface area contributed by atoms with E-state index in [1.807, 2.05) is 13.0 Å². The summed E-state index contributed by atoms with van der Waals surface area (Å²) in [7, 11) is 0. The molecule has 0 aromatic carbocycles. The van der Waals surface area contributed by atoms with Crippen LogP contribution in [0.1, 0.15) is 19.1 Å². The van der Waals surface area contributed by atoms with Crippen molar-refractivity contribution in [3.63, 3.8) is 0 Å². The molecule has 104 valence electrons. The normalized spacial score (nSPS) is 17.0. The highest BCUT2D eigenvalue weighted by Gasteiger charge is 2.42. The van der Waals surface area contributed by atoms with Crippen LogP contribution < -0.4 is 0 Å². The number of carbonyl (C=O) groups is 2. The minimum atomic E-state index is -0.996. The smallest absolute Gasteiger partial charge is 0.329 e. The molecule has 0 unspecified atom stereocenters. The molecule has 1 aromatic heterocycles. The third-order valence-corrected chi connectivity index (χ3v) is 3.11. The number of furan rings is 1. The summed E-state index contributed by atoms with van der Waals surface area (Å²) >= 11 is 0. The number of hydrogen-bond donors (Lipinski definition) is 1. The van der Waals surface area contributed by atoms with Crippen LogP contribution in [0.3, 0.4) is 0 Å². The lowest BCUT2D eigenvalue weighted by atomic mass is 9.95. The summed E-state index contributed by atoms with van der Waals surface area (Å²) in [6.07, 6.45) is 2.55. The average molecular weight is 267 g/mol. The van der Waals surface area contributed by atoms with E-state index in [0.717, 1.165) is 5.76 Å². The van der Waals surface area contributed by atoms with E-state index in [2.05, 4.69) is 0 Å². The Morgan fingerprint density at radius 1 is 1.53 bits per heavy atom. The SMILES string of the molecule is CC1(OCC(=O)O)CN(C(=O)CCc2ccco2)C1. The molecule has 1 fully saturated rings. The van der Waals surface area contributed by atoms with E-state index in [1.165, 1.54) is 0 Å². The van der Waals surface area contributed by atoms with E-state index in [-0.39, 0.29) is 12.5 Å². The van der Waals surface area contributed by atoms with Gasteiger partial charge in [0.05, 0.1) is 19.4 Å². The summed E-state index contributed by atoms with van der Waals surface area (Å²) in [5.74, 6) is -0.171. The maximum Gasteiger partial charge on any atom is 0.329 e. The van der Waals surface area contributed by atoms with Gasteiger partial charge in [-0.2, -0.15) is 0 Å². The number of aryl methyl sites for hydroxylation is 1. The summed E-state index contributed by atoms with van der Waals surface area (Å²) < 4.78 is 10.4. The average Bonchev–Trinajstić information content (AvgIpc) is 2.83. The van der Waals surface area contributed by atoms with Gasteiger partial charge in [0.2, 0.25) is 5.91 Å². The standard InChI is InChI=1S/C13H17NO5/c1-13(19-7-12(16)17)8-14(9-13)11(15)5-4-10-3-2-6-18-10/h2-3,6H,4-5,7-9H2,1H3,(H,16,17). The van der Waals surface area contributed by atoms with Crippen molar-refractivity contribution in [2.75, 3.05) is 19.7 Å². The van der Waals surface area contributed by atoms with Crippen LogP contribution in [0.4, 0.5) is 0 Å². The first-order chi connectivity index (χ1) is 8.98. The molecule has 1 saturated heterocycles. The first-order valence-electron chi connectivity index (χ1n) is 6.14. The Morgan fingerprint density at radius 2 is 2.26 bits per heavy atom. The van der Waals surface area contributed by atoms with Gasteiger partial charge in [0, 0.05) is 12.8 Å². The van der Waals surface area contributed by atoms with Gasteiger partial charge >= 0.3 is 5.97 Å². The molecular formula is C13H17NO5. The lowest BCUT2D eigenvalue weighted by molar-refractivity contribution is -0.173. The lowest BCUT2D eigenvalue weighted by Gasteiger charge is -2.47. The predicted molar refractivity (Wildman–Crippen MR) is 65.6 cm³/mol. The summed E-state index contributed by atoms with van der Waals surface area (Å²) in [4.78, 5) is 23.9. The number of carbonyl (C=O) groups excluding carboxylic acids is 1. The van der Waals surface area contributed by atoms with Gasteiger partial charge in [-0.25, -0.2) is 4.79 Å². The molecule has 0 saturated carbocycles. The number of amides is 1. The Kier molecular flexibility index (Phi) is 3.90. The maximum atomic E-state index is 11.9. The van der Waals surface area contributed by atoms with Crippen LogP contribution >= 0.6 is 0 Å². The highest BCUT2D eigenvalue weighted by Crippen LogP contribution is 2.25. The second-order valence-electron chi connectivity index (χ2n) is 4.96. The van der Waals surface area contributed by atoms with Gasteiger partial charge in [0.1, 0.15) is 18.0 Å². The van der Waals surface area contributed by atoms with Gasteiger partial charge in [-0.1, -0.05) is 0 Å². The Balaban J connectivity index is 1.70. The van der Waals surface area contributed by atoms with Crippen LogP contribution in [0.25, 0.3) is 0 Å². The first kappa shape index (κ1) is 13.6. The van der Waals surface area contributed by atoms with Crippen molar-refractivity contribution in [3.05, 3.63) is 24.2 Å². The highest BCUT2D eigenvalue weighted by molar-refractivity contribution is 5.77. The summed E-state index contributed by atoms with van der Waals surface area (Å²) in [5.41, 5.74) is -0.529. The largest absolute Gasteiger partial charge is 0.480 e. The molecule has 0 bridgehead atoms. The number of hydrogen-bond acceptors (Lipinski definition) is 4. The van der Waals surface area contributed by atoms with Crippen LogP contribution in [0.2, 0.25) is 0 Å². The van der Waals surface area contributed by atoms with Gasteiger partial charge in [-0.3, -0.25) is 4.79 Å². The van der Waals surface area contributed by atoms with Gasteiger partial charge in [0.25, 0.3) is 0 Å². The molecule has 1 amide bonds. The van der Waals surface area contributed by atoms with Crippen molar-refractivity contribution >= 4 is 11.9 Å². The molecule has 2 heterocycles. The van der Waals surface area contributed by atoms with Gasteiger partial charge in [0.15, 0.2) is 0 Å². The number of carboxylic acids is 1. The topological polar surface area (TPSA) is 80.0 Å². The monoisotopic (exact) mass is 267 g/mol. The van der Waals surface area contributed by atoms with Crippen molar-refractivity contribution in [2.24, 2.45) is 0 Å². The lowest BCUT2D eigenvalue weighted by Crippen LogP contribution is -2.63. The van der Waals surface area contributed by atoms with E-state index in [9.17, 15) is 9.59 Å². The number of aliphatic carboxylic acids is 1. The number of rotatable bonds is 6. The third-order valence-electron chi connectivity index (χ3n) is 3.11. The zero-order chi connectivity index (χ0) is 13.9. The van der Waals surface area contributed by atoms with Crippen molar-refractivity contribution < 1.29 is 23.8 Å². The number of ether oxygens (including phenoxy) is 1. The predicted octanol–water partition coefficient (Wildman–Crippen LogP) is 0.914. The van der Waals surface area contributed by atoms with Crippen molar-refractivity contribution in [3.8, 4) is 0 Å². The first-order valence-corrected chi connectivity index (χ1v) is 6.14. The molecule has 1 aliphatic heterocycles. The van der Waals surface area contributed by atoms with E-state index in [0.29, 0.717) is 25.9 Å². The Morgan fingerprint density at radius 3 is 2.84 bits per heavy atom. The summed E-state index contributed by atoms with van der Waals surface area (Å²) in [6.45, 7) is 2.37. The van der Waals surface area contributed by atoms with Gasteiger partial charge < -0.3 is 19.2 Å². The highest BCUT2D eigenvalue weighted by atomic mass is 16.5. The van der Waals surface area contributed by atoms with Crippen LogP contribution in [-0.4, -0.2) is 47.2 Å². The molecule has 6 nitrogen and oxygen atoms in total. The van der Waals surface area contributed by atoms with Crippen LogP contribution in [-0.2, 0) is 20.7 Å².